The van der Waals surface area contributed by atoms with E-state index in [9.17, 15) is 4.79 Å². The summed E-state index contributed by atoms with van der Waals surface area (Å²) in [5.41, 5.74) is 8.13. The van der Waals surface area contributed by atoms with Gasteiger partial charge in [0.25, 0.3) is 0 Å². The van der Waals surface area contributed by atoms with Gasteiger partial charge in [0, 0.05) is 5.92 Å². The average molecular weight is 297 g/mol. The highest BCUT2D eigenvalue weighted by molar-refractivity contribution is 5.85. The third-order valence-corrected chi connectivity index (χ3v) is 4.23. The Hall–Kier alpha value is -1.06. The van der Waals surface area contributed by atoms with Gasteiger partial charge in [-0.1, -0.05) is 36.2 Å². The first-order valence-corrected chi connectivity index (χ1v) is 7.19. The zero-order chi connectivity index (χ0) is 13.8. The van der Waals surface area contributed by atoms with Crippen LogP contribution in [0, 0.1) is 18.8 Å². The van der Waals surface area contributed by atoms with Crippen molar-refractivity contribution in [2.45, 2.75) is 39.2 Å². The molecule has 0 saturated heterocycles. The van der Waals surface area contributed by atoms with Gasteiger partial charge in [0.05, 0.1) is 6.04 Å². The van der Waals surface area contributed by atoms with E-state index in [2.05, 4.69) is 36.5 Å². The van der Waals surface area contributed by atoms with Crippen molar-refractivity contribution in [3.8, 4) is 0 Å². The molecular formula is C16H25ClN2O. The maximum absolute atomic E-state index is 12.3. The third kappa shape index (κ3) is 3.97. The maximum Gasteiger partial charge on any atom is 0.223 e. The minimum Gasteiger partial charge on any atom is -0.349 e. The fraction of sp³-hybridized carbons (Fsp3) is 0.562. The molecule has 0 aliphatic heterocycles. The predicted molar refractivity (Wildman–Crippen MR) is 84.9 cm³/mol. The molecule has 1 unspecified atom stereocenters. The Kier molecular flexibility index (Phi) is 6.50. The number of halogens is 1. The first kappa shape index (κ1) is 17.0. The van der Waals surface area contributed by atoms with Crippen LogP contribution in [0.4, 0.5) is 0 Å². The van der Waals surface area contributed by atoms with Crippen molar-refractivity contribution in [1.82, 2.24) is 5.32 Å². The molecule has 1 aromatic carbocycles. The summed E-state index contributed by atoms with van der Waals surface area (Å²) in [5, 5.41) is 3.13. The van der Waals surface area contributed by atoms with E-state index in [0.717, 1.165) is 24.8 Å². The van der Waals surface area contributed by atoms with Crippen molar-refractivity contribution < 1.29 is 4.79 Å². The first-order chi connectivity index (χ1) is 9.11. The van der Waals surface area contributed by atoms with Gasteiger partial charge in [-0.15, -0.1) is 12.4 Å². The summed E-state index contributed by atoms with van der Waals surface area (Å²) < 4.78 is 0. The smallest absolute Gasteiger partial charge is 0.223 e. The van der Waals surface area contributed by atoms with E-state index in [-0.39, 0.29) is 30.3 Å². The second-order valence-electron chi connectivity index (χ2n) is 5.67. The molecule has 0 spiro atoms. The summed E-state index contributed by atoms with van der Waals surface area (Å²) in [6.45, 7) is 4.73. The minimum atomic E-state index is 0. The number of amides is 1. The molecule has 1 amide bonds. The largest absolute Gasteiger partial charge is 0.349 e. The van der Waals surface area contributed by atoms with Crippen LogP contribution in [-0.2, 0) is 4.79 Å². The van der Waals surface area contributed by atoms with Gasteiger partial charge in [0.2, 0.25) is 5.91 Å². The Labute approximate surface area is 127 Å². The second-order valence-corrected chi connectivity index (χ2v) is 5.67. The van der Waals surface area contributed by atoms with Crippen LogP contribution in [0.15, 0.2) is 24.3 Å². The zero-order valence-corrected chi connectivity index (χ0v) is 13.1. The van der Waals surface area contributed by atoms with Gasteiger partial charge in [-0.25, -0.2) is 0 Å². The van der Waals surface area contributed by atoms with Gasteiger partial charge in [0.1, 0.15) is 0 Å². The molecule has 20 heavy (non-hydrogen) atoms. The molecule has 0 aromatic heterocycles. The van der Waals surface area contributed by atoms with Crippen LogP contribution < -0.4 is 11.1 Å². The lowest BCUT2D eigenvalue weighted by atomic mass is 9.94. The Balaban J connectivity index is 0.00000200. The molecule has 1 saturated carbocycles. The molecule has 3 nitrogen and oxygen atoms in total. The molecule has 1 fully saturated rings. The average Bonchev–Trinajstić information content (AvgIpc) is 2.87. The highest BCUT2D eigenvalue weighted by Gasteiger charge is 2.32. The highest BCUT2D eigenvalue weighted by atomic mass is 35.5. The molecule has 1 aliphatic carbocycles. The van der Waals surface area contributed by atoms with Crippen molar-refractivity contribution >= 4 is 18.3 Å². The van der Waals surface area contributed by atoms with Crippen molar-refractivity contribution in [1.29, 1.82) is 0 Å². The van der Waals surface area contributed by atoms with Crippen LogP contribution in [0.2, 0.25) is 0 Å². The van der Waals surface area contributed by atoms with Crippen molar-refractivity contribution in [3.63, 3.8) is 0 Å². The number of benzene rings is 1. The lowest BCUT2D eigenvalue weighted by molar-refractivity contribution is -0.126. The zero-order valence-electron chi connectivity index (χ0n) is 12.3. The maximum atomic E-state index is 12.3. The number of hydrogen-bond acceptors (Lipinski definition) is 2. The van der Waals surface area contributed by atoms with Crippen LogP contribution in [0.25, 0.3) is 0 Å². The Morgan fingerprint density at radius 2 is 2.00 bits per heavy atom. The first-order valence-electron chi connectivity index (χ1n) is 7.19. The minimum absolute atomic E-state index is 0. The molecule has 1 aromatic rings. The number of nitrogens with two attached hydrogens (primary N) is 1. The fourth-order valence-corrected chi connectivity index (χ4v) is 2.92. The van der Waals surface area contributed by atoms with Gasteiger partial charge in [-0.05, 0) is 44.7 Å². The monoisotopic (exact) mass is 296 g/mol. The van der Waals surface area contributed by atoms with E-state index in [1.807, 2.05) is 6.92 Å². The van der Waals surface area contributed by atoms with Gasteiger partial charge >= 0.3 is 0 Å². The van der Waals surface area contributed by atoms with Gasteiger partial charge in [0.15, 0.2) is 0 Å². The standard InChI is InChI=1S/C16H24N2O.ClH/c1-11-6-8-13(9-7-11)12(2)18-16(19)15-5-3-4-14(15)10-17;/h6-9,12,14-15H,3-5,10,17H2,1-2H3,(H,18,19);1H/t12?,14-,15-;/m1./s1. The van der Waals surface area contributed by atoms with Crippen LogP contribution in [0.5, 0.6) is 0 Å². The topological polar surface area (TPSA) is 55.1 Å². The molecule has 112 valence electrons. The Morgan fingerprint density at radius 3 is 2.60 bits per heavy atom. The van der Waals surface area contributed by atoms with E-state index in [0.29, 0.717) is 12.5 Å². The van der Waals surface area contributed by atoms with E-state index >= 15 is 0 Å². The van der Waals surface area contributed by atoms with Crippen LogP contribution >= 0.6 is 12.4 Å². The highest BCUT2D eigenvalue weighted by Crippen LogP contribution is 2.31. The summed E-state index contributed by atoms with van der Waals surface area (Å²) in [5.74, 6) is 0.643. The second kappa shape index (κ2) is 7.65. The van der Waals surface area contributed by atoms with Crippen molar-refractivity contribution in [2.75, 3.05) is 6.54 Å². The van der Waals surface area contributed by atoms with Gasteiger partial charge in [-0.2, -0.15) is 0 Å². The van der Waals surface area contributed by atoms with E-state index < -0.39 is 0 Å². The van der Waals surface area contributed by atoms with Crippen LogP contribution in [-0.4, -0.2) is 12.5 Å². The summed E-state index contributed by atoms with van der Waals surface area (Å²) >= 11 is 0. The molecule has 2 rings (SSSR count). The number of aryl methyl sites for hydroxylation is 1. The van der Waals surface area contributed by atoms with Crippen molar-refractivity contribution in [3.05, 3.63) is 35.4 Å². The molecule has 1 aliphatic rings. The third-order valence-electron chi connectivity index (χ3n) is 4.23. The molecule has 4 heteroatoms. The number of hydrogen-bond donors (Lipinski definition) is 2. The van der Waals surface area contributed by atoms with E-state index in [4.69, 9.17) is 5.73 Å². The van der Waals surface area contributed by atoms with Crippen molar-refractivity contribution in [2.24, 2.45) is 17.6 Å². The van der Waals surface area contributed by atoms with Crippen LogP contribution in [0.3, 0.4) is 0 Å². The summed E-state index contributed by atoms with van der Waals surface area (Å²) in [7, 11) is 0. The number of carbonyl (C=O) groups excluding carboxylic acids is 1. The SMILES string of the molecule is Cc1ccc(C(C)NC(=O)[C@@H]2CCC[C@@H]2CN)cc1.Cl. The lowest BCUT2D eigenvalue weighted by Crippen LogP contribution is -2.36. The predicted octanol–water partition coefficient (Wildman–Crippen LogP) is 2.97. The van der Waals surface area contributed by atoms with E-state index in [1.165, 1.54) is 5.56 Å². The summed E-state index contributed by atoms with van der Waals surface area (Å²) in [4.78, 5) is 12.3. The molecule has 3 atom stereocenters. The summed E-state index contributed by atoms with van der Waals surface area (Å²) in [6.07, 6.45) is 3.20. The Morgan fingerprint density at radius 1 is 1.35 bits per heavy atom. The fourth-order valence-electron chi connectivity index (χ4n) is 2.92. The van der Waals surface area contributed by atoms with E-state index in [1.54, 1.807) is 0 Å². The van der Waals surface area contributed by atoms with Gasteiger partial charge < -0.3 is 11.1 Å². The quantitative estimate of drug-likeness (QED) is 0.897. The summed E-state index contributed by atoms with van der Waals surface area (Å²) in [6, 6.07) is 8.38. The molecule has 3 N–H and O–H groups in total. The molecule has 0 heterocycles. The molecular weight excluding hydrogens is 272 g/mol. The normalized spacial score (nSPS) is 22.9. The number of carbonyl (C=O) groups is 1. The Bertz CT molecular complexity index is 433. The molecule has 0 radical (unpaired) electrons. The number of rotatable bonds is 4. The lowest BCUT2D eigenvalue weighted by Gasteiger charge is -2.21. The van der Waals surface area contributed by atoms with Gasteiger partial charge in [-0.3, -0.25) is 4.79 Å². The molecule has 0 bridgehead atoms. The van der Waals surface area contributed by atoms with Crippen LogP contribution in [0.1, 0.15) is 43.4 Å². The number of nitrogens with one attached hydrogen (secondary N) is 1.